The van der Waals surface area contributed by atoms with Gasteiger partial charge in [-0.05, 0) is 31.0 Å². The maximum atomic E-state index is 12.6. The van der Waals surface area contributed by atoms with Crippen LogP contribution in [0.25, 0.3) is 0 Å². The first-order chi connectivity index (χ1) is 12.5. The smallest absolute Gasteiger partial charge is 0.274 e. The van der Waals surface area contributed by atoms with Crippen LogP contribution in [-0.2, 0) is 0 Å². The van der Waals surface area contributed by atoms with E-state index < -0.39 is 0 Å². The van der Waals surface area contributed by atoms with Gasteiger partial charge in [0, 0.05) is 31.9 Å². The van der Waals surface area contributed by atoms with Crippen molar-refractivity contribution in [2.24, 2.45) is 0 Å². The summed E-state index contributed by atoms with van der Waals surface area (Å²) in [6.45, 7) is 9.67. The van der Waals surface area contributed by atoms with Crippen LogP contribution in [0.2, 0.25) is 0 Å². The Kier molecular flexibility index (Phi) is 5.52. The lowest BCUT2D eigenvalue weighted by Gasteiger charge is -2.32. The van der Waals surface area contributed by atoms with E-state index in [0.29, 0.717) is 17.4 Å². The lowest BCUT2D eigenvalue weighted by atomic mass is 9.98. The maximum absolute atomic E-state index is 12.6. The highest BCUT2D eigenvalue weighted by Crippen LogP contribution is 2.29. The predicted molar refractivity (Wildman–Crippen MR) is 104 cm³/mol. The number of carbonyl (C=O) groups is 1. The second-order valence-corrected chi connectivity index (χ2v) is 7.20. The predicted octanol–water partition coefficient (Wildman–Crippen LogP) is 3.04. The van der Waals surface area contributed by atoms with Gasteiger partial charge < -0.3 is 15.1 Å². The van der Waals surface area contributed by atoms with E-state index in [1.807, 2.05) is 4.90 Å². The van der Waals surface area contributed by atoms with Crippen molar-refractivity contribution in [3.8, 4) is 0 Å². The monoisotopic (exact) mass is 353 g/mol. The number of hydrogen-bond donors (Lipinski definition) is 1. The number of aromatic nitrogens is 2. The molecule has 0 aliphatic carbocycles. The van der Waals surface area contributed by atoms with Crippen molar-refractivity contribution in [1.82, 2.24) is 19.8 Å². The first kappa shape index (κ1) is 18.3. The van der Waals surface area contributed by atoms with Gasteiger partial charge in [-0.3, -0.25) is 4.79 Å². The molecule has 1 N–H and O–H groups in total. The summed E-state index contributed by atoms with van der Waals surface area (Å²) in [7, 11) is 2.07. The summed E-state index contributed by atoms with van der Waals surface area (Å²) >= 11 is 0. The number of hydrogen-bond acceptors (Lipinski definition) is 5. The van der Waals surface area contributed by atoms with E-state index in [0.717, 1.165) is 37.4 Å². The Morgan fingerprint density at radius 3 is 2.46 bits per heavy atom. The van der Waals surface area contributed by atoms with Crippen molar-refractivity contribution in [2.75, 3.05) is 38.5 Å². The second kappa shape index (κ2) is 7.83. The van der Waals surface area contributed by atoms with E-state index in [9.17, 15) is 4.79 Å². The van der Waals surface area contributed by atoms with E-state index in [1.165, 1.54) is 5.56 Å². The number of aryl methyl sites for hydroxylation is 1. The molecule has 1 aliphatic rings. The fourth-order valence-corrected chi connectivity index (χ4v) is 3.14. The number of benzene rings is 1. The van der Waals surface area contributed by atoms with Crippen LogP contribution in [0.5, 0.6) is 0 Å². The summed E-state index contributed by atoms with van der Waals surface area (Å²) < 4.78 is 0. The number of anilines is 2. The Bertz CT molecular complexity index is 764. The first-order valence-electron chi connectivity index (χ1n) is 9.12. The molecule has 138 valence electrons. The molecule has 2 aromatic rings. The van der Waals surface area contributed by atoms with Crippen LogP contribution in [-0.4, -0.2) is 58.9 Å². The van der Waals surface area contributed by atoms with Crippen molar-refractivity contribution >= 4 is 17.4 Å². The van der Waals surface area contributed by atoms with Gasteiger partial charge in [0.25, 0.3) is 5.91 Å². The molecule has 1 aromatic heterocycles. The molecule has 2 heterocycles. The molecule has 3 rings (SSSR count). The average molecular weight is 353 g/mol. The number of piperazine rings is 1. The normalized spacial score (nSPS) is 15.3. The summed E-state index contributed by atoms with van der Waals surface area (Å²) in [6, 6.07) is 6.27. The molecule has 1 aliphatic heterocycles. The van der Waals surface area contributed by atoms with Crippen LogP contribution in [0.4, 0.5) is 11.5 Å². The lowest BCUT2D eigenvalue weighted by molar-refractivity contribution is 0.0658. The van der Waals surface area contributed by atoms with Crippen LogP contribution in [0.15, 0.2) is 30.6 Å². The Labute approximate surface area is 155 Å². The van der Waals surface area contributed by atoms with Crippen molar-refractivity contribution in [3.05, 3.63) is 47.4 Å². The first-order valence-corrected chi connectivity index (χ1v) is 9.12. The third-order valence-electron chi connectivity index (χ3n) is 4.84. The summed E-state index contributed by atoms with van der Waals surface area (Å²) in [5.41, 5.74) is 3.86. The van der Waals surface area contributed by atoms with Crippen LogP contribution in [0.3, 0.4) is 0 Å². The quantitative estimate of drug-likeness (QED) is 0.915. The second-order valence-electron chi connectivity index (χ2n) is 7.20. The van der Waals surface area contributed by atoms with Gasteiger partial charge >= 0.3 is 0 Å². The van der Waals surface area contributed by atoms with Crippen molar-refractivity contribution in [1.29, 1.82) is 0 Å². The van der Waals surface area contributed by atoms with Gasteiger partial charge in [0.15, 0.2) is 0 Å². The molecule has 1 fully saturated rings. The maximum Gasteiger partial charge on any atom is 0.274 e. The van der Waals surface area contributed by atoms with Gasteiger partial charge in [0.05, 0.1) is 12.4 Å². The van der Waals surface area contributed by atoms with Gasteiger partial charge in [0.2, 0.25) is 0 Å². The minimum atomic E-state index is -0.0455. The molecule has 1 amide bonds. The third kappa shape index (κ3) is 4.02. The summed E-state index contributed by atoms with van der Waals surface area (Å²) in [6.07, 6.45) is 3.20. The van der Waals surface area contributed by atoms with Gasteiger partial charge in [-0.2, -0.15) is 0 Å². The zero-order chi connectivity index (χ0) is 18.7. The number of nitrogens with zero attached hydrogens (tertiary/aromatic N) is 4. The van der Waals surface area contributed by atoms with Gasteiger partial charge in [-0.25, -0.2) is 9.97 Å². The highest BCUT2D eigenvalue weighted by molar-refractivity contribution is 5.92. The van der Waals surface area contributed by atoms with Crippen LogP contribution in [0, 0.1) is 6.92 Å². The summed E-state index contributed by atoms with van der Waals surface area (Å²) in [4.78, 5) is 25.4. The van der Waals surface area contributed by atoms with Crippen LogP contribution >= 0.6 is 0 Å². The Hall–Kier alpha value is -2.47. The number of likely N-dealkylation sites (N-methyl/N-ethyl adjacent to an activating group) is 1. The minimum Gasteiger partial charge on any atom is -0.338 e. The fourth-order valence-electron chi connectivity index (χ4n) is 3.14. The number of carbonyl (C=O) groups excluding carboxylic acids is 1. The summed E-state index contributed by atoms with van der Waals surface area (Å²) in [5.74, 6) is 1.01. The molecule has 6 heteroatoms. The highest BCUT2D eigenvalue weighted by atomic mass is 16.2. The Morgan fingerprint density at radius 2 is 1.85 bits per heavy atom. The van der Waals surface area contributed by atoms with E-state index >= 15 is 0 Å². The average Bonchev–Trinajstić information content (AvgIpc) is 2.64. The zero-order valence-electron chi connectivity index (χ0n) is 16.0. The molecule has 1 saturated heterocycles. The van der Waals surface area contributed by atoms with Gasteiger partial charge in [-0.1, -0.05) is 32.0 Å². The molecular weight excluding hydrogens is 326 g/mol. The van der Waals surface area contributed by atoms with Crippen molar-refractivity contribution in [3.63, 3.8) is 0 Å². The molecule has 6 nitrogen and oxygen atoms in total. The standard InChI is InChI=1S/C20H27N5O/c1-14(2)16-7-5-6-15(3)19(16)23-18-13-21-17(12-22-18)20(26)25-10-8-24(4)9-11-25/h5-7,12-14H,8-11H2,1-4H3,(H,22,23). The molecule has 0 spiro atoms. The summed E-state index contributed by atoms with van der Waals surface area (Å²) in [5, 5.41) is 3.37. The lowest BCUT2D eigenvalue weighted by Crippen LogP contribution is -2.47. The number of rotatable bonds is 4. The topological polar surface area (TPSA) is 61.4 Å². The molecule has 0 radical (unpaired) electrons. The zero-order valence-corrected chi connectivity index (χ0v) is 16.0. The van der Waals surface area contributed by atoms with E-state index in [-0.39, 0.29) is 5.91 Å². The molecule has 0 atom stereocenters. The SMILES string of the molecule is Cc1cccc(C(C)C)c1Nc1cnc(C(=O)N2CCN(C)CC2)cn1. The Morgan fingerprint density at radius 1 is 1.12 bits per heavy atom. The van der Waals surface area contributed by atoms with Crippen LogP contribution < -0.4 is 5.32 Å². The number of para-hydroxylation sites is 1. The Balaban J connectivity index is 1.74. The molecule has 1 aromatic carbocycles. The molecule has 0 saturated carbocycles. The number of nitrogens with one attached hydrogen (secondary N) is 1. The number of amides is 1. The van der Waals surface area contributed by atoms with Crippen molar-refractivity contribution in [2.45, 2.75) is 26.7 Å². The largest absolute Gasteiger partial charge is 0.338 e. The van der Waals surface area contributed by atoms with E-state index in [2.05, 4.69) is 66.2 Å². The van der Waals surface area contributed by atoms with Crippen molar-refractivity contribution < 1.29 is 4.79 Å². The highest BCUT2D eigenvalue weighted by Gasteiger charge is 2.21. The van der Waals surface area contributed by atoms with E-state index in [4.69, 9.17) is 0 Å². The van der Waals surface area contributed by atoms with Gasteiger partial charge in [-0.15, -0.1) is 0 Å². The van der Waals surface area contributed by atoms with Crippen LogP contribution in [0.1, 0.15) is 41.4 Å². The molecule has 0 unspecified atom stereocenters. The molecule has 26 heavy (non-hydrogen) atoms. The molecular formula is C20H27N5O. The third-order valence-corrected chi connectivity index (χ3v) is 4.84. The fraction of sp³-hybridized carbons (Fsp3) is 0.450. The van der Waals surface area contributed by atoms with E-state index in [1.54, 1.807) is 12.4 Å². The minimum absolute atomic E-state index is 0.0455. The molecule has 0 bridgehead atoms. The van der Waals surface area contributed by atoms with Gasteiger partial charge in [0.1, 0.15) is 11.5 Å².